The summed E-state index contributed by atoms with van der Waals surface area (Å²) in [7, 11) is 1.52. The van der Waals surface area contributed by atoms with Crippen LogP contribution in [0.5, 0.6) is 5.75 Å². The van der Waals surface area contributed by atoms with Gasteiger partial charge in [-0.25, -0.2) is 4.79 Å². The summed E-state index contributed by atoms with van der Waals surface area (Å²) in [5.74, 6) is 0.625. The van der Waals surface area contributed by atoms with E-state index >= 15 is 0 Å². The van der Waals surface area contributed by atoms with Gasteiger partial charge in [0, 0.05) is 5.54 Å². The molecule has 0 radical (unpaired) electrons. The van der Waals surface area contributed by atoms with Gasteiger partial charge in [0.15, 0.2) is 5.69 Å². The lowest BCUT2D eigenvalue weighted by Crippen LogP contribution is -2.44. The van der Waals surface area contributed by atoms with E-state index in [0.29, 0.717) is 11.3 Å². The van der Waals surface area contributed by atoms with Crippen LogP contribution in [0, 0.1) is 0 Å². The van der Waals surface area contributed by atoms with Gasteiger partial charge in [-0.15, -0.1) is 0 Å². The average Bonchev–Trinajstić information content (AvgIpc) is 2.95. The lowest BCUT2D eigenvalue weighted by Gasteiger charge is -2.33. The second kappa shape index (κ2) is 7.50. The zero-order chi connectivity index (χ0) is 20.4. The van der Waals surface area contributed by atoms with Gasteiger partial charge in [0.1, 0.15) is 5.75 Å². The predicted octanol–water partition coefficient (Wildman–Crippen LogP) is 4.24. The fraction of sp³-hybridized carbons (Fsp3) is 0.444. The molecular formula is C18H22F3N3O3. The standard InChI is InChI=1S/C18H22F3N3O3/c1-17(2,3)23(16(25)26)11-13-9-15(18(19,20)21)22-24(13)10-12-5-7-14(27-4)8-6-12/h5-9H,10-11H2,1-4H3,(H,25,26). The summed E-state index contributed by atoms with van der Waals surface area (Å²) in [5.41, 5.74) is -0.952. The summed E-state index contributed by atoms with van der Waals surface area (Å²) < 4.78 is 45.6. The van der Waals surface area contributed by atoms with Crippen LogP contribution in [-0.4, -0.2) is 38.5 Å². The Hall–Kier alpha value is -2.71. The summed E-state index contributed by atoms with van der Waals surface area (Å²) in [6.45, 7) is 4.90. The molecule has 0 saturated heterocycles. The van der Waals surface area contributed by atoms with Crippen LogP contribution in [0.2, 0.25) is 0 Å². The van der Waals surface area contributed by atoms with Crippen LogP contribution in [0.15, 0.2) is 30.3 Å². The molecular weight excluding hydrogens is 363 g/mol. The maximum absolute atomic E-state index is 13.1. The van der Waals surface area contributed by atoms with E-state index in [9.17, 15) is 23.1 Å². The van der Waals surface area contributed by atoms with Crippen molar-refractivity contribution >= 4 is 6.09 Å². The molecule has 1 aromatic heterocycles. The zero-order valence-corrected chi connectivity index (χ0v) is 15.5. The van der Waals surface area contributed by atoms with E-state index in [1.807, 2.05) is 0 Å². The molecule has 0 fully saturated rings. The first-order valence-corrected chi connectivity index (χ1v) is 8.19. The summed E-state index contributed by atoms with van der Waals surface area (Å²) >= 11 is 0. The predicted molar refractivity (Wildman–Crippen MR) is 92.6 cm³/mol. The van der Waals surface area contributed by atoms with Crippen molar-refractivity contribution in [3.63, 3.8) is 0 Å². The molecule has 6 nitrogen and oxygen atoms in total. The highest BCUT2D eigenvalue weighted by atomic mass is 19.4. The van der Waals surface area contributed by atoms with Crippen molar-refractivity contribution in [2.24, 2.45) is 0 Å². The average molecular weight is 385 g/mol. The van der Waals surface area contributed by atoms with Crippen molar-refractivity contribution in [3.05, 3.63) is 47.3 Å². The van der Waals surface area contributed by atoms with Gasteiger partial charge in [-0.05, 0) is 44.5 Å². The highest BCUT2D eigenvalue weighted by Gasteiger charge is 2.36. The number of carboxylic acid groups (broad SMARTS) is 1. The summed E-state index contributed by atoms with van der Waals surface area (Å²) in [4.78, 5) is 12.6. The van der Waals surface area contributed by atoms with E-state index in [4.69, 9.17) is 4.74 Å². The third kappa shape index (κ3) is 5.15. The van der Waals surface area contributed by atoms with Crippen molar-refractivity contribution in [3.8, 4) is 5.75 Å². The SMILES string of the molecule is COc1ccc(Cn2nc(C(F)(F)F)cc2CN(C(=O)O)C(C)(C)C)cc1. The van der Waals surface area contributed by atoms with Crippen molar-refractivity contribution in [1.82, 2.24) is 14.7 Å². The Bertz CT molecular complexity index is 793. The fourth-order valence-electron chi connectivity index (χ4n) is 2.52. The molecule has 27 heavy (non-hydrogen) atoms. The number of hydrogen-bond acceptors (Lipinski definition) is 3. The number of carbonyl (C=O) groups is 1. The van der Waals surface area contributed by atoms with Crippen LogP contribution < -0.4 is 4.74 Å². The largest absolute Gasteiger partial charge is 0.497 e. The number of aromatic nitrogens is 2. The molecule has 0 unspecified atom stereocenters. The highest BCUT2D eigenvalue weighted by Crippen LogP contribution is 2.30. The summed E-state index contributed by atoms with van der Waals surface area (Å²) in [6.07, 6.45) is -5.83. The smallest absolute Gasteiger partial charge is 0.435 e. The Morgan fingerprint density at radius 1 is 1.22 bits per heavy atom. The first-order valence-electron chi connectivity index (χ1n) is 8.19. The number of hydrogen-bond donors (Lipinski definition) is 1. The minimum absolute atomic E-state index is 0.0764. The van der Waals surface area contributed by atoms with Crippen LogP contribution in [-0.2, 0) is 19.3 Å². The maximum Gasteiger partial charge on any atom is 0.435 e. The minimum Gasteiger partial charge on any atom is -0.497 e. The molecule has 2 aromatic rings. The Morgan fingerprint density at radius 3 is 2.26 bits per heavy atom. The maximum atomic E-state index is 13.1. The molecule has 0 saturated carbocycles. The fourth-order valence-corrected chi connectivity index (χ4v) is 2.52. The second-order valence-electron chi connectivity index (χ2n) is 7.06. The zero-order valence-electron chi connectivity index (χ0n) is 15.5. The number of ether oxygens (including phenoxy) is 1. The van der Waals surface area contributed by atoms with Crippen LogP contribution in [0.4, 0.5) is 18.0 Å². The number of nitrogens with zero attached hydrogens (tertiary/aromatic N) is 3. The molecule has 1 amide bonds. The van der Waals surface area contributed by atoms with Crippen LogP contribution in [0.3, 0.4) is 0 Å². The molecule has 0 atom stereocenters. The number of amides is 1. The molecule has 9 heteroatoms. The summed E-state index contributed by atoms with van der Waals surface area (Å²) in [5, 5.41) is 13.1. The van der Waals surface area contributed by atoms with Crippen molar-refractivity contribution < 1.29 is 27.8 Å². The Kier molecular flexibility index (Phi) is 5.72. The molecule has 0 bridgehead atoms. The number of halogens is 3. The first kappa shape index (κ1) is 20.6. The van der Waals surface area contributed by atoms with Crippen LogP contribution in [0.25, 0.3) is 0 Å². The number of methoxy groups -OCH3 is 1. The molecule has 1 aromatic carbocycles. The van der Waals surface area contributed by atoms with E-state index in [-0.39, 0.29) is 18.8 Å². The van der Waals surface area contributed by atoms with Crippen molar-refractivity contribution in [2.45, 2.75) is 45.6 Å². The Labute approximate surface area is 155 Å². The van der Waals surface area contributed by atoms with E-state index < -0.39 is 23.5 Å². The third-order valence-electron chi connectivity index (χ3n) is 4.01. The molecule has 2 rings (SSSR count). The molecule has 0 spiro atoms. The van der Waals surface area contributed by atoms with Crippen LogP contribution in [0.1, 0.15) is 37.7 Å². The number of benzene rings is 1. The quantitative estimate of drug-likeness (QED) is 0.836. The van der Waals surface area contributed by atoms with Gasteiger partial charge in [-0.1, -0.05) is 12.1 Å². The molecule has 1 N–H and O–H groups in total. The lowest BCUT2D eigenvalue weighted by atomic mass is 10.1. The molecule has 148 valence electrons. The van der Waals surface area contributed by atoms with Gasteiger partial charge in [0.2, 0.25) is 0 Å². The van der Waals surface area contributed by atoms with Crippen molar-refractivity contribution in [2.75, 3.05) is 7.11 Å². The summed E-state index contributed by atoms with van der Waals surface area (Å²) in [6, 6.07) is 7.72. The van der Waals surface area contributed by atoms with Gasteiger partial charge in [0.05, 0.1) is 25.9 Å². The lowest BCUT2D eigenvalue weighted by molar-refractivity contribution is -0.141. The Balaban J connectivity index is 2.39. The first-order chi connectivity index (χ1) is 12.4. The number of rotatable bonds is 5. The highest BCUT2D eigenvalue weighted by molar-refractivity contribution is 5.66. The van der Waals surface area contributed by atoms with Gasteiger partial charge >= 0.3 is 12.3 Å². The minimum atomic E-state index is -4.62. The third-order valence-corrected chi connectivity index (χ3v) is 4.01. The van der Waals surface area contributed by atoms with Gasteiger partial charge in [-0.2, -0.15) is 18.3 Å². The van der Waals surface area contributed by atoms with E-state index in [2.05, 4.69) is 5.10 Å². The van der Waals surface area contributed by atoms with E-state index in [1.54, 1.807) is 45.0 Å². The molecule has 0 aliphatic heterocycles. The molecule has 1 heterocycles. The monoisotopic (exact) mass is 385 g/mol. The number of alkyl halides is 3. The normalized spacial score (nSPS) is 12.1. The van der Waals surface area contributed by atoms with Gasteiger partial charge < -0.3 is 9.84 Å². The van der Waals surface area contributed by atoms with E-state index in [0.717, 1.165) is 11.0 Å². The molecule has 0 aliphatic rings. The topological polar surface area (TPSA) is 67.6 Å². The van der Waals surface area contributed by atoms with Gasteiger partial charge in [0.25, 0.3) is 0 Å². The van der Waals surface area contributed by atoms with Gasteiger partial charge in [-0.3, -0.25) is 9.58 Å². The second-order valence-corrected chi connectivity index (χ2v) is 7.06. The Morgan fingerprint density at radius 2 is 1.81 bits per heavy atom. The molecule has 0 aliphatic carbocycles. The van der Waals surface area contributed by atoms with E-state index in [1.165, 1.54) is 11.8 Å². The van der Waals surface area contributed by atoms with Crippen molar-refractivity contribution in [1.29, 1.82) is 0 Å². The van der Waals surface area contributed by atoms with Crippen LogP contribution >= 0.6 is 0 Å².